The molecule has 2 rings (SSSR count). The molecule has 0 atom stereocenters. The van der Waals surface area contributed by atoms with Crippen molar-refractivity contribution in [2.75, 3.05) is 31.5 Å². The second-order valence-electron chi connectivity index (χ2n) is 4.15. The molecule has 1 saturated heterocycles. The number of hydrogen-bond donors (Lipinski definition) is 2. The number of benzene rings is 1. The average Bonchev–Trinajstić information content (AvgIpc) is 2.34. The minimum Gasteiger partial charge on any atom is -0.346 e. The summed E-state index contributed by atoms with van der Waals surface area (Å²) in [6.45, 7) is 6.00. The van der Waals surface area contributed by atoms with Gasteiger partial charge in [-0.3, -0.25) is 0 Å². The van der Waals surface area contributed by atoms with E-state index in [1.54, 1.807) is 0 Å². The molecule has 0 spiro atoms. The van der Waals surface area contributed by atoms with Gasteiger partial charge in [-0.1, -0.05) is 6.07 Å². The maximum Gasteiger partial charge on any atom is 0.173 e. The van der Waals surface area contributed by atoms with Gasteiger partial charge in [-0.15, -0.1) is 0 Å². The van der Waals surface area contributed by atoms with Gasteiger partial charge in [0.2, 0.25) is 0 Å². The lowest BCUT2D eigenvalue weighted by Gasteiger charge is -2.30. The molecule has 0 aromatic heterocycles. The maximum absolute atomic E-state index is 5.41. The molecule has 0 saturated carbocycles. The number of aryl methyl sites for hydroxylation is 1. The molecule has 0 unspecified atom stereocenters. The Hall–Kier alpha value is -0.650. The van der Waals surface area contributed by atoms with Crippen LogP contribution in [-0.2, 0) is 0 Å². The van der Waals surface area contributed by atoms with Crippen molar-refractivity contribution in [3.8, 4) is 0 Å². The molecule has 1 fully saturated rings. The van der Waals surface area contributed by atoms with Crippen molar-refractivity contribution in [2.24, 2.45) is 0 Å². The molecule has 0 radical (unpaired) electrons. The van der Waals surface area contributed by atoms with Gasteiger partial charge >= 0.3 is 0 Å². The van der Waals surface area contributed by atoms with Crippen LogP contribution in [0.4, 0.5) is 5.69 Å². The molecule has 1 heterocycles. The van der Waals surface area contributed by atoms with Crippen LogP contribution in [0, 0.1) is 6.92 Å². The maximum atomic E-state index is 5.41. The van der Waals surface area contributed by atoms with Gasteiger partial charge in [-0.25, -0.2) is 0 Å². The van der Waals surface area contributed by atoms with E-state index in [1.807, 2.05) is 6.07 Å². The van der Waals surface area contributed by atoms with E-state index in [1.165, 1.54) is 5.56 Å². The summed E-state index contributed by atoms with van der Waals surface area (Å²) >= 11 is 8.96. The summed E-state index contributed by atoms with van der Waals surface area (Å²) in [6, 6.07) is 6.21. The summed E-state index contributed by atoms with van der Waals surface area (Å²) in [5, 5.41) is 7.41. The Labute approximate surface area is 116 Å². The summed E-state index contributed by atoms with van der Waals surface area (Å²) in [5.41, 5.74) is 2.26. The average molecular weight is 314 g/mol. The summed E-state index contributed by atoms with van der Waals surface area (Å²) in [7, 11) is 0. The number of halogens is 1. The summed E-state index contributed by atoms with van der Waals surface area (Å²) in [5.74, 6) is 0. The van der Waals surface area contributed by atoms with E-state index in [9.17, 15) is 0 Å². The van der Waals surface area contributed by atoms with Crippen LogP contribution >= 0.6 is 28.1 Å². The van der Waals surface area contributed by atoms with Crippen LogP contribution in [0.1, 0.15) is 5.56 Å². The molecule has 1 aromatic carbocycles. The first-order chi connectivity index (χ1) is 8.16. The minimum absolute atomic E-state index is 0.802. The molecule has 0 amide bonds. The lowest BCUT2D eigenvalue weighted by atomic mass is 10.2. The normalized spacial score (nSPS) is 15.8. The predicted molar refractivity (Wildman–Crippen MR) is 79.5 cm³/mol. The first-order valence-electron chi connectivity index (χ1n) is 5.69. The van der Waals surface area contributed by atoms with E-state index in [0.717, 1.165) is 41.5 Å². The van der Waals surface area contributed by atoms with Crippen molar-refractivity contribution < 1.29 is 0 Å². The Morgan fingerprint density at radius 3 is 2.76 bits per heavy atom. The van der Waals surface area contributed by atoms with Crippen molar-refractivity contribution in [1.82, 2.24) is 10.2 Å². The zero-order valence-electron chi connectivity index (χ0n) is 9.79. The third kappa shape index (κ3) is 3.40. The first kappa shape index (κ1) is 12.8. The van der Waals surface area contributed by atoms with Gasteiger partial charge in [0.15, 0.2) is 5.11 Å². The molecule has 2 N–H and O–H groups in total. The van der Waals surface area contributed by atoms with Crippen molar-refractivity contribution in [3.05, 3.63) is 28.2 Å². The summed E-state index contributed by atoms with van der Waals surface area (Å²) in [4.78, 5) is 2.19. The van der Waals surface area contributed by atoms with Crippen molar-refractivity contribution in [2.45, 2.75) is 6.92 Å². The van der Waals surface area contributed by atoms with E-state index < -0.39 is 0 Å². The van der Waals surface area contributed by atoms with Gasteiger partial charge in [0.25, 0.3) is 0 Å². The van der Waals surface area contributed by atoms with Crippen molar-refractivity contribution >= 4 is 38.9 Å². The van der Waals surface area contributed by atoms with Crippen LogP contribution in [0.15, 0.2) is 22.7 Å². The Morgan fingerprint density at radius 1 is 1.41 bits per heavy atom. The van der Waals surface area contributed by atoms with Crippen molar-refractivity contribution in [1.29, 1.82) is 0 Å². The molecule has 3 nitrogen and oxygen atoms in total. The van der Waals surface area contributed by atoms with Gasteiger partial charge in [0.05, 0.1) is 5.69 Å². The van der Waals surface area contributed by atoms with Crippen LogP contribution < -0.4 is 10.6 Å². The quantitative estimate of drug-likeness (QED) is 0.778. The number of nitrogens with zero attached hydrogens (tertiary/aromatic N) is 1. The van der Waals surface area contributed by atoms with Gasteiger partial charge in [-0.05, 0) is 52.8 Å². The fourth-order valence-corrected chi connectivity index (χ4v) is 2.67. The molecular weight excluding hydrogens is 298 g/mol. The van der Waals surface area contributed by atoms with Gasteiger partial charge in [-0.2, -0.15) is 0 Å². The van der Waals surface area contributed by atoms with Crippen LogP contribution in [0.25, 0.3) is 0 Å². The molecule has 1 aromatic rings. The highest BCUT2D eigenvalue weighted by atomic mass is 79.9. The lowest BCUT2D eigenvalue weighted by Crippen LogP contribution is -2.47. The number of hydrogen-bond acceptors (Lipinski definition) is 2. The van der Waals surface area contributed by atoms with Gasteiger partial charge < -0.3 is 15.5 Å². The van der Waals surface area contributed by atoms with Crippen LogP contribution in [-0.4, -0.2) is 36.2 Å². The van der Waals surface area contributed by atoms with E-state index in [0.29, 0.717) is 0 Å². The Balaban J connectivity index is 2.02. The molecule has 0 aliphatic carbocycles. The predicted octanol–water partition coefficient (Wildman–Crippen LogP) is 2.36. The van der Waals surface area contributed by atoms with Gasteiger partial charge in [0, 0.05) is 30.7 Å². The number of piperazine rings is 1. The molecule has 5 heteroatoms. The molecule has 1 aliphatic heterocycles. The fraction of sp³-hybridized carbons (Fsp3) is 0.417. The van der Waals surface area contributed by atoms with Crippen LogP contribution in [0.3, 0.4) is 0 Å². The SMILES string of the molecule is Cc1ccc(NC(=S)N2CCNCC2)c(Br)c1. The van der Waals surface area contributed by atoms with Crippen LogP contribution in [0.5, 0.6) is 0 Å². The van der Waals surface area contributed by atoms with E-state index in [2.05, 4.69) is 50.5 Å². The monoisotopic (exact) mass is 313 g/mol. The standard InChI is InChI=1S/C12H16BrN3S/c1-9-2-3-11(10(13)8-9)15-12(17)16-6-4-14-5-7-16/h2-3,8,14H,4-7H2,1H3,(H,15,17). The highest BCUT2D eigenvalue weighted by Gasteiger charge is 2.13. The first-order valence-corrected chi connectivity index (χ1v) is 6.90. The van der Waals surface area contributed by atoms with Crippen LogP contribution in [0.2, 0.25) is 0 Å². The smallest absolute Gasteiger partial charge is 0.173 e. The van der Waals surface area contributed by atoms with Gasteiger partial charge in [0.1, 0.15) is 0 Å². The third-order valence-electron chi connectivity index (χ3n) is 2.77. The summed E-state index contributed by atoms with van der Waals surface area (Å²) < 4.78 is 1.05. The zero-order chi connectivity index (χ0) is 12.3. The highest BCUT2D eigenvalue weighted by Crippen LogP contribution is 2.23. The minimum atomic E-state index is 0.802. The zero-order valence-corrected chi connectivity index (χ0v) is 12.2. The second-order valence-corrected chi connectivity index (χ2v) is 5.39. The Kier molecular flexibility index (Phi) is 4.36. The Morgan fingerprint density at radius 2 is 2.12 bits per heavy atom. The lowest BCUT2D eigenvalue weighted by molar-refractivity contribution is 0.362. The largest absolute Gasteiger partial charge is 0.346 e. The fourth-order valence-electron chi connectivity index (χ4n) is 1.78. The van der Waals surface area contributed by atoms with E-state index in [4.69, 9.17) is 12.2 Å². The van der Waals surface area contributed by atoms with E-state index in [-0.39, 0.29) is 0 Å². The molecule has 17 heavy (non-hydrogen) atoms. The number of anilines is 1. The molecular formula is C12H16BrN3S. The molecule has 0 bridgehead atoms. The molecule has 92 valence electrons. The summed E-state index contributed by atoms with van der Waals surface area (Å²) in [6.07, 6.45) is 0. The second kappa shape index (κ2) is 5.80. The topological polar surface area (TPSA) is 27.3 Å². The Bertz CT molecular complexity index is 416. The van der Waals surface area contributed by atoms with Crippen molar-refractivity contribution in [3.63, 3.8) is 0 Å². The number of rotatable bonds is 1. The van der Waals surface area contributed by atoms with E-state index >= 15 is 0 Å². The highest BCUT2D eigenvalue weighted by molar-refractivity contribution is 9.10. The number of thiocarbonyl (C=S) groups is 1. The molecule has 1 aliphatic rings. The number of nitrogens with one attached hydrogen (secondary N) is 2. The third-order valence-corrected chi connectivity index (χ3v) is 3.79.